The molecule has 84 valence electrons. The summed E-state index contributed by atoms with van der Waals surface area (Å²) < 4.78 is 0. The minimum absolute atomic E-state index is 0.380. The molecule has 0 saturated carbocycles. The van der Waals surface area contributed by atoms with E-state index in [2.05, 4.69) is 4.98 Å². The fourth-order valence-electron chi connectivity index (χ4n) is 3.16. The first kappa shape index (κ1) is 10.1. The Kier molecular flexibility index (Phi) is 2.36. The first-order valence-electron chi connectivity index (χ1n) is 5.64. The van der Waals surface area contributed by atoms with E-state index in [1.54, 1.807) is 0 Å². The number of rotatable bonds is 2. The zero-order valence-electron chi connectivity index (χ0n) is 8.84. The molecular weight excluding hydrogens is 224 g/mol. The van der Waals surface area contributed by atoms with E-state index in [1.807, 2.05) is 23.2 Å². The highest BCUT2D eigenvalue weighted by molar-refractivity contribution is 6.29. The number of carbonyl (C=O) groups excluding carboxylic acids is 1. The molecule has 2 saturated heterocycles. The highest BCUT2D eigenvalue weighted by Gasteiger charge is 2.46. The molecule has 2 bridgehead atoms. The lowest BCUT2D eigenvalue weighted by Gasteiger charge is -2.21. The SMILES string of the molecule is O=CN1[C@H]2CC[C@@H]1[C@@H](c1ccc(Cl)nc1)C2. The molecule has 3 atom stereocenters. The van der Waals surface area contributed by atoms with Gasteiger partial charge in [-0.25, -0.2) is 4.98 Å². The fraction of sp³-hybridized carbons (Fsp3) is 0.500. The molecule has 1 aromatic rings. The minimum atomic E-state index is 0.380. The molecule has 1 aromatic heterocycles. The van der Waals surface area contributed by atoms with Gasteiger partial charge in [0.05, 0.1) is 0 Å². The second-order valence-electron chi connectivity index (χ2n) is 4.61. The summed E-state index contributed by atoms with van der Waals surface area (Å²) in [7, 11) is 0. The van der Waals surface area contributed by atoms with Crippen LogP contribution in [0.15, 0.2) is 18.3 Å². The molecule has 1 amide bonds. The number of hydrogen-bond acceptors (Lipinski definition) is 2. The molecule has 3 rings (SSSR count). The highest BCUT2D eigenvalue weighted by atomic mass is 35.5. The Morgan fingerprint density at radius 2 is 2.31 bits per heavy atom. The summed E-state index contributed by atoms with van der Waals surface area (Å²) in [4.78, 5) is 17.1. The van der Waals surface area contributed by atoms with Gasteiger partial charge in [0.15, 0.2) is 0 Å². The largest absolute Gasteiger partial charge is 0.339 e. The Bertz CT molecular complexity index is 406. The van der Waals surface area contributed by atoms with E-state index in [0.29, 0.717) is 23.2 Å². The third kappa shape index (κ3) is 1.42. The highest BCUT2D eigenvalue weighted by Crippen LogP contribution is 2.45. The first-order valence-corrected chi connectivity index (χ1v) is 6.01. The first-order chi connectivity index (χ1) is 7.79. The van der Waals surface area contributed by atoms with E-state index in [1.165, 1.54) is 5.56 Å². The van der Waals surface area contributed by atoms with Crippen LogP contribution in [0.4, 0.5) is 0 Å². The summed E-state index contributed by atoms with van der Waals surface area (Å²) >= 11 is 5.78. The van der Waals surface area contributed by atoms with Gasteiger partial charge in [0.25, 0.3) is 0 Å². The second kappa shape index (κ2) is 3.74. The van der Waals surface area contributed by atoms with Crippen LogP contribution in [0.25, 0.3) is 0 Å². The van der Waals surface area contributed by atoms with Crippen molar-refractivity contribution in [1.29, 1.82) is 0 Å². The van der Waals surface area contributed by atoms with Crippen LogP contribution in [0.1, 0.15) is 30.7 Å². The zero-order valence-corrected chi connectivity index (χ0v) is 9.60. The predicted molar refractivity (Wildman–Crippen MR) is 61.3 cm³/mol. The van der Waals surface area contributed by atoms with Crippen molar-refractivity contribution in [3.8, 4) is 0 Å². The van der Waals surface area contributed by atoms with Crippen LogP contribution in [0.2, 0.25) is 5.15 Å². The maximum Gasteiger partial charge on any atom is 0.210 e. The van der Waals surface area contributed by atoms with Crippen molar-refractivity contribution in [3.05, 3.63) is 29.0 Å². The van der Waals surface area contributed by atoms with Crippen LogP contribution in [0, 0.1) is 0 Å². The zero-order chi connectivity index (χ0) is 11.1. The molecule has 2 fully saturated rings. The topological polar surface area (TPSA) is 33.2 Å². The van der Waals surface area contributed by atoms with Crippen molar-refractivity contribution in [2.75, 3.05) is 0 Å². The molecule has 2 aliphatic rings. The smallest absolute Gasteiger partial charge is 0.210 e. The summed E-state index contributed by atoms with van der Waals surface area (Å²) in [6.07, 6.45) is 6.20. The van der Waals surface area contributed by atoms with E-state index in [0.717, 1.165) is 25.7 Å². The van der Waals surface area contributed by atoms with Gasteiger partial charge in [0.2, 0.25) is 6.41 Å². The Morgan fingerprint density at radius 3 is 2.94 bits per heavy atom. The van der Waals surface area contributed by atoms with E-state index in [4.69, 9.17) is 11.6 Å². The number of halogens is 1. The quantitative estimate of drug-likeness (QED) is 0.583. The molecule has 0 unspecified atom stereocenters. The lowest BCUT2D eigenvalue weighted by molar-refractivity contribution is -0.119. The number of pyridine rings is 1. The molecule has 2 aliphatic heterocycles. The van der Waals surface area contributed by atoms with Crippen LogP contribution in [0.3, 0.4) is 0 Å². The Balaban J connectivity index is 1.87. The van der Waals surface area contributed by atoms with Crippen molar-refractivity contribution in [1.82, 2.24) is 9.88 Å². The number of carbonyl (C=O) groups is 1. The van der Waals surface area contributed by atoms with E-state index in [9.17, 15) is 4.79 Å². The maximum atomic E-state index is 11.0. The molecule has 4 heteroatoms. The predicted octanol–water partition coefficient (Wildman–Crippen LogP) is 2.21. The average molecular weight is 237 g/mol. The van der Waals surface area contributed by atoms with Gasteiger partial charge < -0.3 is 4.90 Å². The molecule has 0 spiro atoms. The van der Waals surface area contributed by atoms with E-state index in [-0.39, 0.29) is 0 Å². The fourth-order valence-corrected chi connectivity index (χ4v) is 3.27. The number of aromatic nitrogens is 1. The molecule has 0 aliphatic carbocycles. The lowest BCUT2D eigenvalue weighted by atomic mass is 9.85. The van der Waals surface area contributed by atoms with E-state index >= 15 is 0 Å². The van der Waals surface area contributed by atoms with Crippen molar-refractivity contribution in [2.45, 2.75) is 37.3 Å². The van der Waals surface area contributed by atoms with Crippen LogP contribution in [0.5, 0.6) is 0 Å². The van der Waals surface area contributed by atoms with Crippen LogP contribution in [-0.2, 0) is 4.79 Å². The summed E-state index contributed by atoms with van der Waals surface area (Å²) in [5.74, 6) is 0.453. The maximum absolute atomic E-state index is 11.0. The summed E-state index contributed by atoms with van der Waals surface area (Å²) in [5, 5.41) is 0.527. The molecule has 0 aromatic carbocycles. The lowest BCUT2D eigenvalue weighted by Crippen LogP contribution is -2.28. The third-order valence-electron chi connectivity index (χ3n) is 3.89. The average Bonchev–Trinajstić information content (AvgIpc) is 2.86. The van der Waals surface area contributed by atoms with Gasteiger partial charge in [0.1, 0.15) is 5.15 Å². The summed E-state index contributed by atoms with van der Waals surface area (Å²) in [6.45, 7) is 0. The normalized spacial score (nSPS) is 32.1. The van der Waals surface area contributed by atoms with Crippen molar-refractivity contribution in [2.24, 2.45) is 0 Å². The standard InChI is InChI=1S/C12H13ClN2O/c13-12-4-1-8(6-14-12)10-5-9-2-3-11(10)15(9)7-16/h1,4,6-7,9-11H,2-3,5H2/t9-,10+,11+/m0/s1. The van der Waals surface area contributed by atoms with Crippen LogP contribution in [-0.4, -0.2) is 28.4 Å². The van der Waals surface area contributed by atoms with Gasteiger partial charge in [-0.05, 0) is 30.9 Å². The summed E-state index contributed by atoms with van der Waals surface area (Å²) in [6, 6.07) is 4.69. The Labute approximate surface area is 99.4 Å². The van der Waals surface area contributed by atoms with Crippen molar-refractivity contribution >= 4 is 18.0 Å². The van der Waals surface area contributed by atoms with Crippen molar-refractivity contribution in [3.63, 3.8) is 0 Å². The molecule has 0 radical (unpaired) electrons. The Hall–Kier alpha value is -1.09. The molecule has 3 nitrogen and oxygen atoms in total. The van der Waals surface area contributed by atoms with Gasteiger partial charge in [-0.1, -0.05) is 17.7 Å². The van der Waals surface area contributed by atoms with Gasteiger partial charge >= 0.3 is 0 Å². The number of amides is 1. The van der Waals surface area contributed by atoms with Crippen LogP contribution >= 0.6 is 11.6 Å². The van der Waals surface area contributed by atoms with Gasteiger partial charge in [0, 0.05) is 24.2 Å². The van der Waals surface area contributed by atoms with Gasteiger partial charge in [-0.2, -0.15) is 0 Å². The molecule has 16 heavy (non-hydrogen) atoms. The Morgan fingerprint density at radius 1 is 1.44 bits per heavy atom. The second-order valence-corrected chi connectivity index (χ2v) is 4.99. The molecule has 3 heterocycles. The van der Waals surface area contributed by atoms with E-state index < -0.39 is 0 Å². The van der Waals surface area contributed by atoms with Gasteiger partial charge in [-0.3, -0.25) is 4.79 Å². The minimum Gasteiger partial charge on any atom is -0.339 e. The number of fused-ring (bicyclic) bond motifs is 2. The summed E-state index contributed by atoms with van der Waals surface area (Å²) in [5.41, 5.74) is 1.21. The molecular formula is C12H13ClN2O. The third-order valence-corrected chi connectivity index (χ3v) is 4.11. The number of hydrogen-bond donors (Lipinski definition) is 0. The van der Waals surface area contributed by atoms with Crippen molar-refractivity contribution < 1.29 is 4.79 Å². The molecule has 0 N–H and O–H groups in total. The van der Waals surface area contributed by atoms with Gasteiger partial charge in [-0.15, -0.1) is 0 Å². The number of nitrogens with zero attached hydrogens (tertiary/aromatic N) is 2. The van der Waals surface area contributed by atoms with Crippen LogP contribution < -0.4 is 0 Å². The monoisotopic (exact) mass is 236 g/mol.